The van der Waals surface area contributed by atoms with E-state index in [1.807, 2.05) is 24.3 Å². The maximum atomic E-state index is 12.1. The molecule has 140 valence electrons. The lowest BCUT2D eigenvalue weighted by Crippen LogP contribution is -2.18. The van der Waals surface area contributed by atoms with Crippen LogP contribution in [0.3, 0.4) is 0 Å². The van der Waals surface area contributed by atoms with Crippen molar-refractivity contribution < 1.29 is 9.72 Å². The van der Waals surface area contributed by atoms with Gasteiger partial charge < -0.3 is 15.4 Å². The summed E-state index contributed by atoms with van der Waals surface area (Å²) in [5, 5.41) is 23.7. The van der Waals surface area contributed by atoms with Crippen molar-refractivity contribution in [3.8, 4) is 0 Å². The predicted molar refractivity (Wildman–Crippen MR) is 103 cm³/mol. The molecule has 4 aromatic rings. The first kappa shape index (κ1) is 17.4. The number of aromatic nitrogens is 4. The second-order valence-electron chi connectivity index (χ2n) is 6.24. The number of nitrogens with zero attached hydrogens (tertiary/aromatic N) is 5. The summed E-state index contributed by atoms with van der Waals surface area (Å²) >= 11 is 0. The van der Waals surface area contributed by atoms with Crippen molar-refractivity contribution in [2.24, 2.45) is 0 Å². The molecule has 0 radical (unpaired) electrons. The molecule has 0 aliphatic carbocycles. The number of nitrogens with one attached hydrogen (secondary N) is 1. The molecule has 9 heteroatoms. The summed E-state index contributed by atoms with van der Waals surface area (Å²) in [7, 11) is 0. The van der Waals surface area contributed by atoms with Crippen LogP contribution < -0.4 is 5.32 Å². The number of carbonyl (C=O) groups excluding carboxylic acids is 1. The molecule has 2 aromatic heterocycles. The molecule has 0 bridgehead atoms. The van der Waals surface area contributed by atoms with Gasteiger partial charge in [-0.3, -0.25) is 9.48 Å². The fraction of sp³-hybridized carbons (Fsp3) is 0.105. The van der Waals surface area contributed by atoms with Crippen molar-refractivity contribution in [2.45, 2.75) is 13.1 Å². The highest BCUT2D eigenvalue weighted by Crippen LogP contribution is 2.19. The van der Waals surface area contributed by atoms with Gasteiger partial charge in [0.05, 0.1) is 35.8 Å². The minimum absolute atomic E-state index is 0.123. The number of fused-ring (bicyclic) bond motifs is 1. The first-order chi connectivity index (χ1) is 13.6. The van der Waals surface area contributed by atoms with Crippen LogP contribution >= 0.6 is 0 Å². The molecular formula is C19H16N6O3. The van der Waals surface area contributed by atoms with Gasteiger partial charge in [0.25, 0.3) is 0 Å². The molecule has 1 N–H and O–H groups in total. The molecule has 0 fully saturated rings. The fourth-order valence-corrected chi connectivity index (χ4v) is 3.00. The lowest BCUT2D eigenvalue weighted by Gasteiger charge is -2.06. The molecule has 28 heavy (non-hydrogen) atoms. The summed E-state index contributed by atoms with van der Waals surface area (Å²) < 4.78 is 2.96. The van der Waals surface area contributed by atoms with Gasteiger partial charge in [0.1, 0.15) is 6.54 Å². The molecule has 9 nitrogen and oxygen atoms in total. The molecule has 0 atom stereocenters. The van der Waals surface area contributed by atoms with Gasteiger partial charge in [-0.2, -0.15) is 9.78 Å². The normalized spacial score (nSPS) is 10.9. The van der Waals surface area contributed by atoms with Crippen LogP contribution in [0.1, 0.15) is 5.56 Å². The molecule has 0 saturated carbocycles. The van der Waals surface area contributed by atoms with Crippen LogP contribution in [0.4, 0.5) is 11.5 Å². The quantitative estimate of drug-likeness (QED) is 0.411. The van der Waals surface area contributed by atoms with Crippen molar-refractivity contribution in [1.82, 2.24) is 19.6 Å². The summed E-state index contributed by atoms with van der Waals surface area (Å²) in [6.07, 6.45) is 4.70. The molecule has 2 aromatic carbocycles. The lowest BCUT2D eigenvalue weighted by molar-refractivity contribution is -0.389. The number of hydrogen-bond acceptors (Lipinski definition) is 5. The van der Waals surface area contributed by atoms with Crippen LogP contribution in [0.2, 0.25) is 0 Å². The fourth-order valence-electron chi connectivity index (χ4n) is 3.00. The Morgan fingerprint density at radius 3 is 2.75 bits per heavy atom. The van der Waals surface area contributed by atoms with Crippen molar-refractivity contribution in [3.05, 3.63) is 82.8 Å². The highest BCUT2D eigenvalue weighted by atomic mass is 16.6. The molecular weight excluding hydrogens is 360 g/mol. The second-order valence-corrected chi connectivity index (χ2v) is 6.24. The van der Waals surface area contributed by atoms with Gasteiger partial charge in [-0.25, -0.2) is 0 Å². The highest BCUT2D eigenvalue weighted by molar-refractivity contribution is 5.90. The van der Waals surface area contributed by atoms with Gasteiger partial charge in [0.2, 0.25) is 5.91 Å². The standard InChI is InChI=1S/C19H16N6O3/c26-19(13-23-9-8-18(22-23)25(27)28)21-16-10-20-24(12-16)11-15-6-3-5-14-4-1-2-7-17(14)15/h1-10,12H,11,13H2,(H,21,26). The third-order valence-electron chi connectivity index (χ3n) is 4.25. The molecule has 2 heterocycles. The van der Waals surface area contributed by atoms with Crippen LogP contribution in [0.5, 0.6) is 0 Å². The van der Waals surface area contributed by atoms with E-state index in [0.29, 0.717) is 12.2 Å². The number of benzene rings is 2. The van der Waals surface area contributed by atoms with Gasteiger partial charge in [-0.05, 0) is 21.3 Å². The molecule has 0 aliphatic heterocycles. The Hall–Kier alpha value is -4.01. The van der Waals surface area contributed by atoms with Crippen molar-refractivity contribution in [2.75, 3.05) is 5.32 Å². The Bertz CT molecular complexity index is 1160. The van der Waals surface area contributed by atoms with Crippen LogP contribution in [0.25, 0.3) is 10.8 Å². The van der Waals surface area contributed by atoms with Gasteiger partial charge >= 0.3 is 5.82 Å². The predicted octanol–water partition coefficient (Wildman–Crippen LogP) is 2.83. The average Bonchev–Trinajstić information content (AvgIpc) is 3.32. The van der Waals surface area contributed by atoms with E-state index in [-0.39, 0.29) is 18.3 Å². The van der Waals surface area contributed by atoms with E-state index in [4.69, 9.17) is 0 Å². The monoisotopic (exact) mass is 376 g/mol. The third-order valence-corrected chi connectivity index (χ3v) is 4.25. The molecule has 0 saturated heterocycles. The number of rotatable bonds is 6. The van der Waals surface area contributed by atoms with Crippen LogP contribution in [0, 0.1) is 10.1 Å². The van der Waals surface area contributed by atoms with E-state index >= 15 is 0 Å². The Labute approximate surface area is 159 Å². The first-order valence-corrected chi connectivity index (χ1v) is 8.55. The molecule has 0 aliphatic rings. The second kappa shape index (κ2) is 7.31. The zero-order valence-corrected chi connectivity index (χ0v) is 14.7. The maximum absolute atomic E-state index is 12.1. The summed E-state index contributed by atoms with van der Waals surface area (Å²) in [5.41, 5.74) is 1.68. The maximum Gasteiger partial charge on any atom is 0.389 e. The SMILES string of the molecule is O=C(Cn1ccc([N+](=O)[O-])n1)Nc1cnn(Cc2cccc3ccccc23)c1. The smallest absolute Gasteiger partial charge is 0.358 e. The summed E-state index contributed by atoms with van der Waals surface area (Å²) in [4.78, 5) is 22.2. The van der Waals surface area contributed by atoms with Crippen LogP contribution in [0.15, 0.2) is 67.1 Å². The summed E-state index contributed by atoms with van der Waals surface area (Å²) in [5.74, 6) is -0.640. The van der Waals surface area contributed by atoms with Crippen molar-refractivity contribution in [3.63, 3.8) is 0 Å². The first-order valence-electron chi connectivity index (χ1n) is 8.55. The zero-order chi connectivity index (χ0) is 19.5. The van der Waals surface area contributed by atoms with Gasteiger partial charge in [0, 0.05) is 6.20 Å². The Morgan fingerprint density at radius 2 is 1.93 bits per heavy atom. The topological polar surface area (TPSA) is 108 Å². The Kier molecular flexibility index (Phi) is 4.55. The number of amides is 1. The van der Waals surface area contributed by atoms with E-state index in [9.17, 15) is 14.9 Å². The van der Waals surface area contributed by atoms with Crippen molar-refractivity contribution >= 4 is 28.2 Å². The minimum Gasteiger partial charge on any atom is -0.358 e. The van der Waals surface area contributed by atoms with E-state index < -0.39 is 4.92 Å². The molecule has 0 spiro atoms. The Morgan fingerprint density at radius 1 is 1.11 bits per heavy atom. The molecule has 4 rings (SSSR count). The number of hydrogen-bond donors (Lipinski definition) is 1. The lowest BCUT2D eigenvalue weighted by atomic mass is 10.0. The van der Waals surface area contributed by atoms with Crippen LogP contribution in [-0.4, -0.2) is 30.4 Å². The largest absolute Gasteiger partial charge is 0.389 e. The minimum atomic E-state index is -0.605. The van der Waals surface area contributed by atoms with E-state index in [2.05, 4.69) is 33.7 Å². The summed E-state index contributed by atoms with van der Waals surface area (Å²) in [6, 6.07) is 15.5. The number of carbonyl (C=O) groups is 1. The van der Waals surface area contributed by atoms with Gasteiger partial charge in [-0.15, -0.1) is 0 Å². The van der Waals surface area contributed by atoms with Crippen LogP contribution in [-0.2, 0) is 17.9 Å². The zero-order valence-electron chi connectivity index (χ0n) is 14.7. The summed E-state index contributed by atoms with van der Waals surface area (Å²) in [6.45, 7) is 0.449. The van der Waals surface area contributed by atoms with E-state index in [0.717, 1.165) is 16.3 Å². The van der Waals surface area contributed by atoms with Gasteiger partial charge in [0.15, 0.2) is 0 Å². The number of nitro groups is 1. The average molecular weight is 376 g/mol. The molecule has 1 amide bonds. The highest BCUT2D eigenvalue weighted by Gasteiger charge is 2.14. The Balaban J connectivity index is 1.42. The van der Waals surface area contributed by atoms with E-state index in [1.165, 1.54) is 16.9 Å². The molecule has 0 unspecified atom stereocenters. The van der Waals surface area contributed by atoms with Gasteiger partial charge in [-0.1, -0.05) is 42.5 Å². The number of anilines is 1. The van der Waals surface area contributed by atoms with Crippen molar-refractivity contribution in [1.29, 1.82) is 0 Å². The third kappa shape index (κ3) is 3.73. The van der Waals surface area contributed by atoms with E-state index in [1.54, 1.807) is 17.1 Å².